The molecule has 0 unspecified atom stereocenters. The number of amides is 2. The van der Waals surface area contributed by atoms with E-state index < -0.39 is 0 Å². The molecule has 0 fully saturated rings. The highest BCUT2D eigenvalue weighted by atomic mass is 16.5. The summed E-state index contributed by atoms with van der Waals surface area (Å²) < 4.78 is 10.8. The lowest BCUT2D eigenvalue weighted by Crippen LogP contribution is -2.46. The molecule has 0 saturated heterocycles. The smallest absolute Gasteiger partial charge is 0.258 e. The summed E-state index contributed by atoms with van der Waals surface area (Å²) in [5.41, 5.74) is -0.320. The van der Waals surface area contributed by atoms with Crippen LogP contribution in [0.4, 0.5) is 0 Å². The zero-order valence-corrected chi connectivity index (χ0v) is 14.3. The average Bonchev–Trinajstić information content (AvgIpc) is 2.48. The van der Waals surface area contributed by atoms with Crippen LogP contribution < -0.4 is 20.1 Å². The van der Waals surface area contributed by atoms with Gasteiger partial charge in [0.05, 0.1) is 13.2 Å². The first kappa shape index (κ1) is 18.8. The Balaban J connectivity index is 2.29. The van der Waals surface area contributed by atoms with Crippen LogP contribution in [0.25, 0.3) is 0 Å². The van der Waals surface area contributed by atoms with Crippen LogP contribution in [0, 0.1) is 0 Å². The quantitative estimate of drug-likeness (QED) is 0.766. The summed E-state index contributed by atoms with van der Waals surface area (Å²) in [5, 5.41) is 5.28. The molecule has 0 aliphatic rings. The SMILES string of the molecule is CCCOc1ccc(OCC(=O)NCC(=O)NC(C)(C)C)cc1. The van der Waals surface area contributed by atoms with Crippen LogP contribution in [0.5, 0.6) is 11.5 Å². The van der Waals surface area contributed by atoms with Gasteiger partial charge >= 0.3 is 0 Å². The van der Waals surface area contributed by atoms with Gasteiger partial charge in [0.1, 0.15) is 11.5 Å². The lowest BCUT2D eigenvalue weighted by molar-refractivity contribution is -0.127. The van der Waals surface area contributed by atoms with E-state index in [0.29, 0.717) is 12.4 Å². The molecule has 1 aromatic carbocycles. The number of ether oxygens (including phenoxy) is 2. The van der Waals surface area contributed by atoms with E-state index >= 15 is 0 Å². The molecule has 0 radical (unpaired) electrons. The summed E-state index contributed by atoms with van der Waals surface area (Å²) in [5.74, 6) is 0.759. The Kier molecular flexibility index (Phi) is 7.38. The van der Waals surface area contributed by atoms with Gasteiger partial charge in [0.2, 0.25) is 5.91 Å². The van der Waals surface area contributed by atoms with E-state index in [9.17, 15) is 9.59 Å². The van der Waals surface area contributed by atoms with Gasteiger partial charge in [-0.25, -0.2) is 0 Å². The van der Waals surface area contributed by atoms with Crippen molar-refractivity contribution in [3.05, 3.63) is 24.3 Å². The first-order valence-electron chi connectivity index (χ1n) is 7.73. The van der Waals surface area contributed by atoms with E-state index in [1.165, 1.54) is 0 Å². The molecule has 0 saturated carbocycles. The van der Waals surface area contributed by atoms with Gasteiger partial charge in [-0.2, -0.15) is 0 Å². The number of carbonyl (C=O) groups is 2. The summed E-state index contributed by atoms with van der Waals surface area (Å²) >= 11 is 0. The monoisotopic (exact) mass is 322 g/mol. The van der Waals surface area contributed by atoms with Crippen LogP contribution in [-0.2, 0) is 9.59 Å². The summed E-state index contributed by atoms with van der Waals surface area (Å²) in [7, 11) is 0. The van der Waals surface area contributed by atoms with E-state index in [4.69, 9.17) is 9.47 Å². The highest BCUT2D eigenvalue weighted by Gasteiger charge is 2.14. The van der Waals surface area contributed by atoms with E-state index in [1.807, 2.05) is 27.7 Å². The molecule has 128 valence electrons. The van der Waals surface area contributed by atoms with E-state index in [1.54, 1.807) is 24.3 Å². The zero-order chi connectivity index (χ0) is 17.3. The zero-order valence-electron chi connectivity index (χ0n) is 14.3. The van der Waals surface area contributed by atoms with Gasteiger partial charge in [-0.3, -0.25) is 9.59 Å². The molecule has 1 aromatic rings. The van der Waals surface area contributed by atoms with Gasteiger partial charge in [-0.1, -0.05) is 6.92 Å². The molecule has 2 N–H and O–H groups in total. The number of hydrogen-bond donors (Lipinski definition) is 2. The number of rotatable bonds is 8. The second-order valence-electron chi connectivity index (χ2n) is 6.18. The molecule has 6 heteroatoms. The third-order valence-electron chi connectivity index (χ3n) is 2.63. The van der Waals surface area contributed by atoms with Crippen LogP contribution in [0.15, 0.2) is 24.3 Å². The number of carbonyl (C=O) groups excluding carboxylic acids is 2. The lowest BCUT2D eigenvalue weighted by atomic mass is 10.1. The molecule has 0 atom stereocenters. The summed E-state index contributed by atoms with van der Waals surface area (Å²) in [4.78, 5) is 23.2. The maximum absolute atomic E-state index is 11.7. The minimum absolute atomic E-state index is 0.0662. The molecule has 1 rings (SSSR count). The molecule has 0 heterocycles. The highest BCUT2D eigenvalue weighted by Crippen LogP contribution is 2.17. The molecular formula is C17H26N2O4. The molecule has 23 heavy (non-hydrogen) atoms. The van der Waals surface area contributed by atoms with Crippen molar-refractivity contribution in [2.75, 3.05) is 19.8 Å². The molecule has 0 aliphatic heterocycles. The second kappa shape index (κ2) is 9.02. The minimum Gasteiger partial charge on any atom is -0.494 e. The van der Waals surface area contributed by atoms with Crippen LogP contribution in [0.1, 0.15) is 34.1 Å². The maximum atomic E-state index is 11.7. The van der Waals surface area contributed by atoms with Gasteiger partial charge in [-0.15, -0.1) is 0 Å². The Morgan fingerprint density at radius 2 is 1.57 bits per heavy atom. The molecule has 6 nitrogen and oxygen atoms in total. The van der Waals surface area contributed by atoms with E-state index in [-0.39, 0.29) is 30.5 Å². The fourth-order valence-corrected chi connectivity index (χ4v) is 1.69. The molecule has 2 amide bonds. The van der Waals surface area contributed by atoms with Crippen LogP contribution in [-0.4, -0.2) is 37.1 Å². The Morgan fingerprint density at radius 3 is 2.09 bits per heavy atom. The molecule has 0 aromatic heterocycles. The predicted octanol–water partition coefficient (Wildman–Crippen LogP) is 1.89. The largest absolute Gasteiger partial charge is 0.494 e. The third kappa shape index (κ3) is 8.70. The number of benzene rings is 1. The molecule has 0 bridgehead atoms. The van der Waals surface area contributed by atoms with Crippen molar-refractivity contribution in [3.63, 3.8) is 0 Å². The van der Waals surface area contributed by atoms with Crippen molar-refractivity contribution >= 4 is 11.8 Å². The van der Waals surface area contributed by atoms with Gasteiger partial charge in [0.15, 0.2) is 6.61 Å². The van der Waals surface area contributed by atoms with Crippen molar-refractivity contribution in [1.29, 1.82) is 0 Å². The van der Waals surface area contributed by atoms with Gasteiger partial charge < -0.3 is 20.1 Å². The van der Waals surface area contributed by atoms with Gasteiger partial charge in [0.25, 0.3) is 5.91 Å². The van der Waals surface area contributed by atoms with Crippen molar-refractivity contribution < 1.29 is 19.1 Å². The maximum Gasteiger partial charge on any atom is 0.258 e. The average molecular weight is 322 g/mol. The number of nitrogens with one attached hydrogen (secondary N) is 2. The lowest BCUT2D eigenvalue weighted by Gasteiger charge is -2.20. The normalized spacial score (nSPS) is 10.8. The fourth-order valence-electron chi connectivity index (χ4n) is 1.69. The van der Waals surface area contributed by atoms with Crippen molar-refractivity contribution in [3.8, 4) is 11.5 Å². The van der Waals surface area contributed by atoms with Crippen molar-refractivity contribution in [1.82, 2.24) is 10.6 Å². The van der Waals surface area contributed by atoms with Crippen LogP contribution in [0.2, 0.25) is 0 Å². The topological polar surface area (TPSA) is 76.7 Å². The van der Waals surface area contributed by atoms with Crippen LogP contribution >= 0.6 is 0 Å². The third-order valence-corrected chi connectivity index (χ3v) is 2.63. The second-order valence-corrected chi connectivity index (χ2v) is 6.18. The summed E-state index contributed by atoms with van der Waals surface area (Å²) in [6.07, 6.45) is 0.946. The minimum atomic E-state index is -0.347. The highest BCUT2D eigenvalue weighted by molar-refractivity contribution is 5.85. The van der Waals surface area contributed by atoms with Gasteiger partial charge in [0, 0.05) is 5.54 Å². The Labute approximate surface area is 137 Å². The molecular weight excluding hydrogens is 296 g/mol. The Morgan fingerprint density at radius 1 is 1.00 bits per heavy atom. The predicted molar refractivity (Wildman–Crippen MR) is 88.6 cm³/mol. The van der Waals surface area contributed by atoms with Crippen LogP contribution in [0.3, 0.4) is 0 Å². The molecule has 0 aliphatic carbocycles. The number of hydrogen-bond acceptors (Lipinski definition) is 4. The summed E-state index contributed by atoms with van der Waals surface area (Å²) in [6, 6.07) is 7.06. The Bertz CT molecular complexity index is 506. The van der Waals surface area contributed by atoms with E-state index in [2.05, 4.69) is 10.6 Å². The summed E-state index contributed by atoms with van der Waals surface area (Å²) in [6.45, 7) is 8.13. The van der Waals surface area contributed by atoms with Crippen molar-refractivity contribution in [2.45, 2.75) is 39.7 Å². The first-order chi connectivity index (χ1) is 10.8. The van der Waals surface area contributed by atoms with Crippen molar-refractivity contribution in [2.24, 2.45) is 0 Å². The van der Waals surface area contributed by atoms with Gasteiger partial charge in [-0.05, 0) is 51.5 Å². The molecule has 0 spiro atoms. The van der Waals surface area contributed by atoms with E-state index in [0.717, 1.165) is 12.2 Å². The Hall–Kier alpha value is -2.24. The fraction of sp³-hybridized carbons (Fsp3) is 0.529. The first-order valence-corrected chi connectivity index (χ1v) is 7.73. The standard InChI is InChI=1S/C17H26N2O4/c1-5-10-22-13-6-8-14(9-7-13)23-12-16(21)18-11-15(20)19-17(2,3)4/h6-9H,5,10-12H2,1-4H3,(H,18,21)(H,19,20).